The molecule has 1 fully saturated rings. The molecule has 3 aliphatic rings. The molecule has 0 radical (unpaired) electrons. The number of carbonyl (C=O) groups excluding carboxylic acids is 1. The Morgan fingerprint density at radius 1 is 1.06 bits per heavy atom. The molecular weight excluding hydrogens is 388 g/mol. The summed E-state index contributed by atoms with van der Waals surface area (Å²) < 4.78 is 5.36. The van der Waals surface area contributed by atoms with Crippen molar-refractivity contribution < 1.29 is 14.6 Å². The van der Waals surface area contributed by atoms with Gasteiger partial charge in [0.15, 0.2) is 11.5 Å². The van der Waals surface area contributed by atoms with E-state index in [9.17, 15) is 9.90 Å². The number of nitrogens with one attached hydrogen (secondary N) is 1. The fraction of sp³-hybridized carbons (Fsp3) is 0.423. The molecule has 0 aromatic heterocycles. The van der Waals surface area contributed by atoms with Crippen molar-refractivity contribution >= 4 is 11.6 Å². The average Bonchev–Trinajstić information content (AvgIpc) is 3.13. The lowest BCUT2D eigenvalue weighted by Gasteiger charge is -2.39. The second-order valence-corrected chi connectivity index (χ2v) is 8.85. The molecule has 0 saturated carbocycles. The van der Waals surface area contributed by atoms with Crippen molar-refractivity contribution in [2.24, 2.45) is 5.92 Å². The SMILES string of the molecule is COc1cccc(C2Nc3c(C(=O)N4CCCCCC4)cccc3C3C=CCC32)c1O. The van der Waals surface area contributed by atoms with Crippen LogP contribution < -0.4 is 10.1 Å². The lowest BCUT2D eigenvalue weighted by molar-refractivity contribution is 0.0762. The first-order valence-electron chi connectivity index (χ1n) is 11.4. The van der Waals surface area contributed by atoms with Crippen molar-refractivity contribution in [3.8, 4) is 11.5 Å². The standard InChI is InChI=1S/C26H30N2O3/c1-31-22-14-8-12-20(25(22)29)23-18-10-6-9-17(18)19-11-7-13-21(24(19)27-23)26(30)28-15-4-2-3-5-16-28/h6-9,11-14,17-18,23,27,29H,2-5,10,15-16H2,1H3. The quantitative estimate of drug-likeness (QED) is 0.669. The van der Waals surface area contributed by atoms with E-state index in [-0.39, 0.29) is 29.5 Å². The van der Waals surface area contributed by atoms with Gasteiger partial charge in [-0.2, -0.15) is 0 Å². The van der Waals surface area contributed by atoms with Crippen LogP contribution in [0.15, 0.2) is 48.6 Å². The number of ether oxygens (including phenoxy) is 1. The van der Waals surface area contributed by atoms with Gasteiger partial charge in [-0.25, -0.2) is 0 Å². The molecule has 2 aromatic carbocycles. The molecular formula is C26H30N2O3. The first-order chi connectivity index (χ1) is 15.2. The molecule has 1 saturated heterocycles. The Hall–Kier alpha value is -2.95. The maximum absolute atomic E-state index is 13.5. The average molecular weight is 419 g/mol. The van der Waals surface area contributed by atoms with Crippen molar-refractivity contribution in [1.29, 1.82) is 0 Å². The van der Waals surface area contributed by atoms with Gasteiger partial charge in [-0.05, 0) is 42.9 Å². The summed E-state index contributed by atoms with van der Waals surface area (Å²) in [5.74, 6) is 1.27. The van der Waals surface area contributed by atoms with Gasteiger partial charge < -0.3 is 20.1 Å². The Bertz CT molecular complexity index is 1010. The number of allylic oxidation sites excluding steroid dienone is 2. The van der Waals surface area contributed by atoms with E-state index in [2.05, 4.69) is 23.5 Å². The summed E-state index contributed by atoms with van der Waals surface area (Å²) in [6.45, 7) is 1.66. The Balaban J connectivity index is 1.56. The number of nitrogens with zero attached hydrogens (tertiary/aromatic N) is 1. The number of carbonyl (C=O) groups is 1. The van der Waals surface area contributed by atoms with Gasteiger partial charge in [0.05, 0.1) is 24.4 Å². The number of phenolic OH excluding ortho intramolecular Hbond substituents is 1. The van der Waals surface area contributed by atoms with Gasteiger partial charge >= 0.3 is 0 Å². The number of rotatable bonds is 3. The molecule has 2 N–H and O–H groups in total. The van der Waals surface area contributed by atoms with Gasteiger partial charge in [-0.1, -0.05) is 49.3 Å². The topological polar surface area (TPSA) is 61.8 Å². The van der Waals surface area contributed by atoms with E-state index in [1.165, 1.54) is 18.4 Å². The predicted octanol–water partition coefficient (Wildman–Crippen LogP) is 5.24. The van der Waals surface area contributed by atoms with E-state index in [4.69, 9.17) is 4.74 Å². The van der Waals surface area contributed by atoms with E-state index in [1.54, 1.807) is 13.2 Å². The summed E-state index contributed by atoms with van der Waals surface area (Å²) in [5.41, 5.74) is 3.65. The second-order valence-electron chi connectivity index (χ2n) is 8.85. The molecule has 162 valence electrons. The summed E-state index contributed by atoms with van der Waals surface area (Å²) in [4.78, 5) is 15.5. The van der Waals surface area contributed by atoms with Crippen molar-refractivity contribution in [1.82, 2.24) is 4.90 Å². The molecule has 2 aliphatic heterocycles. The van der Waals surface area contributed by atoms with E-state index in [0.29, 0.717) is 5.75 Å². The zero-order chi connectivity index (χ0) is 21.4. The number of phenols is 1. The highest BCUT2D eigenvalue weighted by molar-refractivity contribution is 6.01. The summed E-state index contributed by atoms with van der Waals surface area (Å²) in [5, 5.41) is 14.5. The van der Waals surface area contributed by atoms with Crippen LogP contribution in [-0.2, 0) is 0 Å². The molecule has 0 bridgehead atoms. The lowest BCUT2D eigenvalue weighted by Crippen LogP contribution is -2.35. The van der Waals surface area contributed by atoms with Crippen LogP contribution >= 0.6 is 0 Å². The highest BCUT2D eigenvalue weighted by atomic mass is 16.5. The molecule has 3 atom stereocenters. The van der Waals surface area contributed by atoms with Crippen LogP contribution in [0.5, 0.6) is 11.5 Å². The molecule has 5 rings (SSSR count). The summed E-state index contributed by atoms with van der Waals surface area (Å²) >= 11 is 0. The summed E-state index contributed by atoms with van der Waals surface area (Å²) in [6.07, 6.45) is 9.95. The van der Waals surface area contributed by atoms with Crippen molar-refractivity contribution in [2.45, 2.75) is 44.1 Å². The minimum Gasteiger partial charge on any atom is -0.504 e. The molecule has 1 amide bonds. The fourth-order valence-corrected chi connectivity index (χ4v) is 5.51. The monoisotopic (exact) mass is 418 g/mol. The molecule has 2 aromatic rings. The van der Waals surface area contributed by atoms with Gasteiger partial charge in [-0.3, -0.25) is 4.79 Å². The summed E-state index contributed by atoms with van der Waals surface area (Å²) in [6, 6.07) is 11.6. The van der Waals surface area contributed by atoms with E-state index >= 15 is 0 Å². The Kier molecular flexibility index (Phi) is 5.34. The maximum Gasteiger partial charge on any atom is 0.255 e. The predicted molar refractivity (Wildman–Crippen MR) is 122 cm³/mol. The van der Waals surface area contributed by atoms with Crippen LogP contribution in [0.3, 0.4) is 0 Å². The number of amides is 1. The second kappa shape index (κ2) is 8.29. The normalized spacial score (nSPS) is 24.7. The number of hydrogen-bond donors (Lipinski definition) is 2. The number of likely N-dealkylation sites (tertiary alicyclic amines) is 1. The number of benzene rings is 2. The molecule has 1 aliphatic carbocycles. The largest absolute Gasteiger partial charge is 0.504 e. The molecule has 5 heteroatoms. The number of methoxy groups -OCH3 is 1. The zero-order valence-corrected chi connectivity index (χ0v) is 18.0. The highest BCUT2D eigenvalue weighted by Gasteiger charge is 2.40. The molecule has 3 unspecified atom stereocenters. The van der Waals surface area contributed by atoms with Crippen LogP contribution in [0.25, 0.3) is 0 Å². The van der Waals surface area contributed by atoms with Crippen LogP contribution in [0, 0.1) is 5.92 Å². The van der Waals surface area contributed by atoms with Crippen molar-refractivity contribution in [3.63, 3.8) is 0 Å². The first-order valence-corrected chi connectivity index (χ1v) is 11.4. The van der Waals surface area contributed by atoms with Crippen LogP contribution in [0.4, 0.5) is 5.69 Å². The van der Waals surface area contributed by atoms with E-state index < -0.39 is 0 Å². The zero-order valence-electron chi connectivity index (χ0n) is 18.0. The van der Waals surface area contributed by atoms with Crippen LogP contribution in [0.2, 0.25) is 0 Å². The minimum atomic E-state index is -0.0966. The maximum atomic E-state index is 13.5. The number of aromatic hydroxyl groups is 1. The minimum absolute atomic E-state index is 0.0966. The number of anilines is 1. The first kappa shape index (κ1) is 20.0. The van der Waals surface area contributed by atoms with Gasteiger partial charge in [0, 0.05) is 24.6 Å². The molecule has 2 heterocycles. The Morgan fingerprint density at radius 2 is 1.81 bits per heavy atom. The third-order valence-electron chi connectivity index (χ3n) is 7.11. The number of fused-ring (bicyclic) bond motifs is 3. The van der Waals surface area contributed by atoms with Gasteiger partial charge in [-0.15, -0.1) is 0 Å². The fourth-order valence-electron chi connectivity index (χ4n) is 5.51. The third kappa shape index (κ3) is 3.46. The van der Waals surface area contributed by atoms with Gasteiger partial charge in [0.1, 0.15) is 0 Å². The third-order valence-corrected chi connectivity index (χ3v) is 7.11. The molecule has 31 heavy (non-hydrogen) atoms. The Labute approximate surface area is 183 Å². The van der Waals surface area contributed by atoms with Crippen LogP contribution in [0.1, 0.15) is 65.5 Å². The summed E-state index contributed by atoms with van der Waals surface area (Å²) in [7, 11) is 1.57. The number of hydrogen-bond acceptors (Lipinski definition) is 4. The smallest absolute Gasteiger partial charge is 0.255 e. The number of para-hydroxylation sites is 2. The van der Waals surface area contributed by atoms with Gasteiger partial charge in [0.25, 0.3) is 5.91 Å². The van der Waals surface area contributed by atoms with Crippen LogP contribution in [-0.4, -0.2) is 36.1 Å². The van der Waals surface area contributed by atoms with Crippen molar-refractivity contribution in [3.05, 3.63) is 65.2 Å². The molecule has 5 nitrogen and oxygen atoms in total. The Morgan fingerprint density at radius 3 is 2.58 bits per heavy atom. The lowest BCUT2D eigenvalue weighted by atomic mass is 9.76. The van der Waals surface area contributed by atoms with E-state index in [0.717, 1.165) is 49.2 Å². The van der Waals surface area contributed by atoms with Crippen molar-refractivity contribution in [2.75, 3.05) is 25.5 Å². The highest BCUT2D eigenvalue weighted by Crippen LogP contribution is 2.52. The van der Waals surface area contributed by atoms with Gasteiger partial charge in [0.2, 0.25) is 0 Å². The van der Waals surface area contributed by atoms with E-state index in [1.807, 2.05) is 29.2 Å². The molecule has 0 spiro atoms.